The lowest BCUT2D eigenvalue weighted by Crippen LogP contribution is -2.20. The highest BCUT2D eigenvalue weighted by Gasteiger charge is 2.36. The number of methoxy groups -OCH3 is 1. The highest BCUT2D eigenvalue weighted by atomic mass is 19.4. The van der Waals surface area contributed by atoms with E-state index >= 15 is 0 Å². The van der Waals surface area contributed by atoms with Crippen molar-refractivity contribution in [2.45, 2.75) is 25.9 Å². The summed E-state index contributed by atoms with van der Waals surface area (Å²) in [4.78, 5) is 23.6. The van der Waals surface area contributed by atoms with E-state index in [1.807, 2.05) is 5.32 Å². The summed E-state index contributed by atoms with van der Waals surface area (Å²) in [6, 6.07) is 4.76. The van der Waals surface area contributed by atoms with Crippen LogP contribution in [0.2, 0.25) is 0 Å². The molecule has 0 saturated heterocycles. The second-order valence-corrected chi connectivity index (χ2v) is 6.86. The van der Waals surface area contributed by atoms with Gasteiger partial charge in [-0.2, -0.15) is 18.4 Å². The molecule has 1 amide bonds. The van der Waals surface area contributed by atoms with Crippen molar-refractivity contribution in [1.29, 1.82) is 5.26 Å². The summed E-state index contributed by atoms with van der Waals surface area (Å²) in [5.41, 5.74) is -1.55. The molecule has 0 saturated carbocycles. The van der Waals surface area contributed by atoms with E-state index in [1.165, 1.54) is 26.3 Å². The molecule has 3 aromatic rings. The van der Waals surface area contributed by atoms with Crippen LogP contribution in [-0.2, 0) is 23.8 Å². The Balaban J connectivity index is 1.83. The van der Waals surface area contributed by atoms with Crippen molar-refractivity contribution in [1.82, 2.24) is 20.1 Å². The number of hydrogen-bond acceptors (Lipinski definition) is 9. The van der Waals surface area contributed by atoms with E-state index in [2.05, 4.69) is 20.1 Å². The molecule has 0 radical (unpaired) electrons. The largest absolute Gasteiger partial charge is 0.506 e. The van der Waals surface area contributed by atoms with Gasteiger partial charge in [0.2, 0.25) is 11.8 Å². The summed E-state index contributed by atoms with van der Waals surface area (Å²) in [6.07, 6.45) is -1.13. The molecule has 0 aromatic carbocycles. The average molecular weight is 474 g/mol. The van der Waals surface area contributed by atoms with Crippen LogP contribution in [0.4, 0.5) is 19.1 Å². The number of anilines is 1. The van der Waals surface area contributed by atoms with Gasteiger partial charge in [0, 0.05) is 24.0 Å². The number of nitrogens with one attached hydrogen (secondary N) is 1. The Kier molecular flexibility index (Phi) is 7.10. The van der Waals surface area contributed by atoms with Crippen molar-refractivity contribution in [2.24, 2.45) is 0 Å². The van der Waals surface area contributed by atoms with Crippen LogP contribution < -0.4 is 10.1 Å². The first-order chi connectivity index (χ1) is 16.1. The maximum atomic E-state index is 13.6. The minimum atomic E-state index is -4.83. The summed E-state index contributed by atoms with van der Waals surface area (Å²) < 4.78 is 50.6. The first-order valence-electron chi connectivity index (χ1n) is 9.62. The summed E-state index contributed by atoms with van der Waals surface area (Å²) in [5, 5.41) is 24.9. The number of aliphatic hydroxyl groups is 1. The molecule has 0 fully saturated rings. The Morgan fingerprint density at radius 2 is 2.00 bits per heavy atom. The number of hydrogen-bond donors (Lipinski definition) is 2. The highest BCUT2D eigenvalue weighted by Crippen LogP contribution is 2.31. The number of carbonyl (C=O) groups excluding carboxylic acids is 1. The minimum absolute atomic E-state index is 0.0213. The smallest absolute Gasteiger partial charge is 0.433 e. The van der Waals surface area contributed by atoms with Gasteiger partial charge in [0.05, 0.1) is 18.9 Å². The summed E-state index contributed by atoms with van der Waals surface area (Å²) >= 11 is 0. The molecular formula is C21H17F3N6O4. The van der Waals surface area contributed by atoms with Crippen LogP contribution in [0.15, 0.2) is 40.8 Å². The lowest BCUT2D eigenvalue weighted by atomic mass is 10.1. The van der Waals surface area contributed by atoms with Crippen LogP contribution in [0.25, 0.3) is 5.76 Å². The van der Waals surface area contributed by atoms with E-state index in [1.54, 1.807) is 12.1 Å². The lowest BCUT2D eigenvalue weighted by Gasteiger charge is -2.13. The molecule has 0 unspecified atom stereocenters. The number of aryl methyl sites for hydroxylation is 3. The maximum absolute atomic E-state index is 13.6. The van der Waals surface area contributed by atoms with Gasteiger partial charge in [-0.15, -0.1) is 0 Å². The van der Waals surface area contributed by atoms with Crippen molar-refractivity contribution in [3.05, 3.63) is 64.4 Å². The van der Waals surface area contributed by atoms with E-state index < -0.39 is 35.1 Å². The van der Waals surface area contributed by atoms with E-state index in [9.17, 15) is 28.3 Å². The topological polar surface area (TPSA) is 147 Å². The fourth-order valence-corrected chi connectivity index (χ4v) is 2.89. The third-order valence-electron chi connectivity index (χ3n) is 4.63. The number of pyridine rings is 1. The fraction of sp³-hybridized carbons (Fsp3) is 0.238. The first kappa shape index (κ1) is 24.2. The molecule has 34 heavy (non-hydrogen) atoms. The number of carbonyl (C=O) groups is 1. The summed E-state index contributed by atoms with van der Waals surface area (Å²) in [6.45, 7) is 1.44. The molecule has 176 valence electrons. The number of nitrogens with zero attached hydrogens (tertiary/aromatic N) is 5. The van der Waals surface area contributed by atoms with Crippen LogP contribution >= 0.6 is 0 Å². The number of amides is 1. The van der Waals surface area contributed by atoms with E-state index in [-0.39, 0.29) is 29.7 Å². The Morgan fingerprint density at radius 1 is 1.24 bits per heavy atom. The third kappa shape index (κ3) is 5.47. The Bertz CT molecular complexity index is 1260. The second-order valence-electron chi connectivity index (χ2n) is 6.86. The van der Waals surface area contributed by atoms with Crippen molar-refractivity contribution < 1.29 is 32.3 Å². The van der Waals surface area contributed by atoms with E-state index in [4.69, 9.17) is 9.26 Å². The number of nitriles is 1. The molecule has 0 bridgehead atoms. The summed E-state index contributed by atoms with van der Waals surface area (Å²) in [7, 11) is 1.45. The van der Waals surface area contributed by atoms with Crippen LogP contribution in [0, 0.1) is 18.3 Å². The monoisotopic (exact) mass is 474 g/mol. The first-order valence-corrected chi connectivity index (χ1v) is 9.62. The van der Waals surface area contributed by atoms with Gasteiger partial charge in [-0.3, -0.25) is 10.1 Å². The third-order valence-corrected chi connectivity index (χ3v) is 4.63. The number of ether oxygens (including phenoxy) is 1. The zero-order chi connectivity index (χ0) is 24.9. The number of aliphatic hydroxyl groups excluding tert-OH is 1. The Hall–Kier alpha value is -4.47. The molecule has 0 aliphatic carbocycles. The van der Waals surface area contributed by atoms with Gasteiger partial charge < -0.3 is 14.4 Å². The predicted octanol–water partition coefficient (Wildman–Crippen LogP) is 3.41. The van der Waals surface area contributed by atoms with Gasteiger partial charge in [-0.1, -0.05) is 11.2 Å². The molecule has 3 aromatic heterocycles. The molecule has 2 N–H and O–H groups in total. The number of alkyl halides is 3. The second kappa shape index (κ2) is 9.99. The van der Waals surface area contributed by atoms with Crippen molar-refractivity contribution in [3.63, 3.8) is 0 Å². The van der Waals surface area contributed by atoms with Gasteiger partial charge in [-0.25, -0.2) is 15.0 Å². The number of aromatic nitrogens is 4. The van der Waals surface area contributed by atoms with E-state index in [0.29, 0.717) is 11.4 Å². The highest BCUT2D eigenvalue weighted by molar-refractivity contribution is 6.10. The van der Waals surface area contributed by atoms with Crippen LogP contribution in [0.3, 0.4) is 0 Å². The molecule has 3 rings (SSSR count). The molecule has 3 heterocycles. The van der Waals surface area contributed by atoms with E-state index in [0.717, 1.165) is 12.4 Å². The number of rotatable bonds is 7. The zero-order valence-electron chi connectivity index (χ0n) is 17.8. The molecule has 0 aliphatic heterocycles. The van der Waals surface area contributed by atoms with Crippen molar-refractivity contribution >= 4 is 17.6 Å². The van der Waals surface area contributed by atoms with Gasteiger partial charge in [-0.05, 0) is 25.3 Å². The van der Waals surface area contributed by atoms with Gasteiger partial charge in [0.25, 0.3) is 5.91 Å². The SMILES string of the molecule is COc1ccc(CCc2cnc(NC(=O)/C(C#N)=C(\O)c3cnoc3C)nc2C(F)(F)F)cn1. The quantitative estimate of drug-likeness (QED) is 0.299. The molecule has 0 spiro atoms. The fourth-order valence-electron chi connectivity index (χ4n) is 2.89. The van der Waals surface area contributed by atoms with Crippen molar-refractivity contribution in [2.75, 3.05) is 12.4 Å². The normalized spacial score (nSPS) is 12.0. The average Bonchev–Trinajstić information content (AvgIpc) is 3.24. The number of halogens is 3. The predicted molar refractivity (Wildman–Crippen MR) is 110 cm³/mol. The minimum Gasteiger partial charge on any atom is -0.506 e. The van der Waals surface area contributed by atoms with Gasteiger partial charge in [0.1, 0.15) is 11.8 Å². The Labute approximate surface area is 190 Å². The Morgan fingerprint density at radius 3 is 2.56 bits per heavy atom. The zero-order valence-corrected chi connectivity index (χ0v) is 17.8. The van der Waals surface area contributed by atoms with Crippen LogP contribution in [0.1, 0.15) is 28.1 Å². The van der Waals surface area contributed by atoms with Crippen LogP contribution in [0.5, 0.6) is 5.88 Å². The standard InChI is InChI=1S/C21H17F3N6O4/c1-11-15(10-28-34-11)17(31)14(7-25)19(32)30-20-27-9-13(18(29-20)21(22,23)24)5-3-12-4-6-16(33-2)26-8-12/h4,6,8-10,31H,3,5H2,1-2H3,(H,27,29,30,32)/b17-14-. The molecule has 10 nitrogen and oxygen atoms in total. The van der Waals surface area contributed by atoms with Gasteiger partial charge >= 0.3 is 6.18 Å². The van der Waals surface area contributed by atoms with Gasteiger partial charge in [0.15, 0.2) is 17.0 Å². The van der Waals surface area contributed by atoms with Crippen LogP contribution in [-0.4, -0.2) is 38.2 Å². The summed E-state index contributed by atoms with van der Waals surface area (Å²) in [5.74, 6) is -2.13. The molecule has 0 aliphatic rings. The molecule has 0 atom stereocenters. The molecule has 13 heteroatoms. The maximum Gasteiger partial charge on any atom is 0.433 e. The lowest BCUT2D eigenvalue weighted by molar-refractivity contribution is -0.141. The molecular weight excluding hydrogens is 457 g/mol. The van der Waals surface area contributed by atoms with Crippen molar-refractivity contribution in [3.8, 4) is 11.9 Å².